The van der Waals surface area contributed by atoms with Crippen molar-refractivity contribution < 1.29 is 14.4 Å². The van der Waals surface area contributed by atoms with Crippen LogP contribution < -0.4 is 5.73 Å². The molecule has 0 saturated heterocycles. The Labute approximate surface area is 81.9 Å². The van der Waals surface area contributed by atoms with Crippen LogP contribution in [0.2, 0.25) is 0 Å². The molecule has 0 aliphatic heterocycles. The molecule has 0 aromatic carbocycles. The molecule has 1 aromatic heterocycles. The molecule has 3 N–H and O–H groups in total. The molecule has 78 valence electrons. The highest BCUT2D eigenvalue weighted by molar-refractivity contribution is 5.73. The second-order valence-electron chi connectivity index (χ2n) is 3.29. The van der Waals surface area contributed by atoms with Gasteiger partial charge in [-0.05, 0) is 26.7 Å². The predicted octanol–water partition coefficient (Wildman–Crippen LogP) is 0.636. The Kier molecular flexibility index (Phi) is 3.24. The average Bonchev–Trinajstić information content (AvgIpc) is 2.43. The Hall–Kier alpha value is -1.36. The average molecular weight is 198 g/mol. The number of carboxylic acids is 1. The van der Waals surface area contributed by atoms with Gasteiger partial charge < -0.3 is 15.4 Å². The first-order valence-corrected chi connectivity index (χ1v) is 4.42. The second-order valence-corrected chi connectivity index (χ2v) is 3.29. The summed E-state index contributed by atoms with van der Waals surface area (Å²) in [5.74, 6) is -0.239. The monoisotopic (exact) mass is 198 g/mol. The number of aromatic nitrogens is 1. The van der Waals surface area contributed by atoms with Crippen LogP contribution in [0.1, 0.15) is 23.4 Å². The molecule has 5 nitrogen and oxygen atoms in total. The molecule has 0 aliphatic carbocycles. The van der Waals surface area contributed by atoms with Crippen LogP contribution in [0.3, 0.4) is 0 Å². The van der Waals surface area contributed by atoms with E-state index >= 15 is 0 Å². The van der Waals surface area contributed by atoms with E-state index in [1.165, 1.54) is 0 Å². The van der Waals surface area contributed by atoms with Crippen LogP contribution in [0.15, 0.2) is 4.52 Å². The van der Waals surface area contributed by atoms with Gasteiger partial charge >= 0.3 is 5.97 Å². The van der Waals surface area contributed by atoms with E-state index in [-0.39, 0.29) is 0 Å². The molecule has 0 amide bonds. The summed E-state index contributed by atoms with van der Waals surface area (Å²) in [4.78, 5) is 10.5. The summed E-state index contributed by atoms with van der Waals surface area (Å²) in [6.07, 6.45) is 0.993. The Morgan fingerprint density at radius 1 is 1.64 bits per heavy atom. The standard InChI is InChI=1S/C9H14N2O3/c1-5-7(6(2)14-11-5)3-4-8(10)9(12)13/h8H,3-4,10H2,1-2H3,(H,12,13). The van der Waals surface area contributed by atoms with Crippen molar-refractivity contribution in [3.63, 3.8) is 0 Å². The highest BCUT2D eigenvalue weighted by Gasteiger charge is 2.14. The normalized spacial score (nSPS) is 12.8. The minimum atomic E-state index is -0.975. The molecule has 0 saturated carbocycles. The first kappa shape index (κ1) is 10.7. The third-order valence-electron chi connectivity index (χ3n) is 2.20. The molecule has 1 heterocycles. The van der Waals surface area contributed by atoms with Gasteiger partial charge in [-0.3, -0.25) is 4.79 Å². The van der Waals surface area contributed by atoms with E-state index in [0.29, 0.717) is 12.8 Å². The lowest BCUT2D eigenvalue weighted by molar-refractivity contribution is -0.138. The zero-order valence-electron chi connectivity index (χ0n) is 8.28. The SMILES string of the molecule is Cc1noc(C)c1CCC(N)C(=O)O. The van der Waals surface area contributed by atoms with Gasteiger partial charge in [-0.25, -0.2) is 0 Å². The summed E-state index contributed by atoms with van der Waals surface area (Å²) in [6, 6.07) is -0.816. The minimum absolute atomic E-state index is 0.401. The molecule has 1 rings (SSSR count). The molecule has 0 aliphatic rings. The van der Waals surface area contributed by atoms with Crippen molar-refractivity contribution in [2.24, 2.45) is 5.73 Å². The number of aliphatic carboxylic acids is 1. The molecular weight excluding hydrogens is 184 g/mol. The van der Waals surface area contributed by atoms with Crippen LogP contribution in [0.5, 0.6) is 0 Å². The van der Waals surface area contributed by atoms with Crippen molar-refractivity contribution in [3.8, 4) is 0 Å². The summed E-state index contributed by atoms with van der Waals surface area (Å²) in [5.41, 5.74) is 7.15. The Morgan fingerprint density at radius 3 is 2.71 bits per heavy atom. The highest BCUT2D eigenvalue weighted by Crippen LogP contribution is 2.14. The molecule has 14 heavy (non-hydrogen) atoms. The van der Waals surface area contributed by atoms with Gasteiger partial charge in [-0.2, -0.15) is 0 Å². The van der Waals surface area contributed by atoms with E-state index in [4.69, 9.17) is 15.4 Å². The number of rotatable bonds is 4. The third-order valence-corrected chi connectivity index (χ3v) is 2.20. The molecule has 5 heteroatoms. The van der Waals surface area contributed by atoms with Crippen LogP contribution in [0.25, 0.3) is 0 Å². The van der Waals surface area contributed by atoms with Gasteiger partial charge in [0.05, 0.1) is 5.69 Å². The minimum Gasteiger partial charge on any atom is -0.480 e. The molecule has 0 bridgehead atoms. The van der Waals surface area contributed by atoms with E-state index < -0.39 is 12.0 Å². The Balaban J connectivity index is 2.57. The van der Waals surface area contributed by atoms with Crippen LogP contribution in [0.4, 0.5) is 0 Å². The number of carboxylic acid groups (broad SMARTS) is 1. The van der Waals surface area contributed by atoms with Crippen molar-refractivity contribution in [1.82, 2.24) is 5.16 Å². The van der Waals surface area contributed by atoms with Crippen LogP contribution in [0, 0.1) is 13.8 Å². The first-order chi connectivity index (χ1) is 6.52. The summed E-state index contributed by atoms with van der Waals surface area (Å²) >= 11 is 0. The number of aryl methyl sites for hydroxylation is 2. The number of carbonyl (C=O) groups is 1. The number of nitrogens with two attached hydrogens (primary N) is 1. The Bertz CT molecular complexity index is 313. The van der Waals surface area contributed by atoms with Crippen molar-refractivity contribution in [3.05, 3.63) is 17.0 Å². The summed E-state index contributed by atoms with van der Waals surface area (Å²) in [7, 11) is 0. The number of hydrogen-bond donors (Lipinski definition) is 2. The van der Waals surface area contributed by atoms with Crippen molar-refractivity contribution >= 4 is 5.97 Å². The summed E-state index contributed by atoms with van der Waals surface area (Å²) in [5, 5.41) is 12.4. The molecular formula is C9H14N2O3. The zero-order chi connectivity index (χ0) is 10.7. The molecule has 0 fully saturated rings. The lowest BCUT2D eigenvalue weighted by atomic mass is 10.0. The lowest BCUT2D eigenvalue weighted by Crippen LogP contribution is -2.30. The predicted molar refractivity (Wildman–Crippen MR) is 49.9 cm³/mol. The Morgan fingerprint density at radius 2 is 2.29 bits per heavy atom. The fraction of sp³-hybridized carbons (Fsp3) is 0.556. The zero-order valence-corrected chi connectivity index (χ0v) is 8.28. The maximum absolute atomic E-state index is 10.5. The van der Waals surface area contributed by atoms with Crippen LogP contribution in [-0.4, -0.2) is 22.3 Å². The quantitative estimate of drug-likeness (QED) is 0.740. The van der Waals surface area contributed by atoms with Gasteiger partial charge in [0.1, 0.15) is 11.8 Å². The van der Waals surface area contributed by atoms with Gasteiger partial charge in [0.2, 0.25) is 0 Å². The van der Waals surface area contributed by atoms with Gasteiger partial charge in [-0.15, -0.1) is 0 Å². The van der Waals surface area contributed by atoms with Gasteiger partial charge in [0.25, 0.3) is 0 Å². The van der Waals surface area contributed by atoms with E-state index in [0.717, 1.165) is 17.0 Å². The van der Waals surface area contributed by atoms with Crippen molar-refractivity contribution in [2.45, 2.75) is 32.7 Å². The largest absolute Gasteiger partial charge is 0.480 e. The van der Waals surface area contributed by atoms with Gasteiger partial charge in [-0.1, -0.05) is 5.16 Å². The fourth-order valence-electron chi connectivity index (χ4n) is 1.28. The van der Waals surface area contributed by atoms with E-state index in [9.17, 15) is 4.79 Å². The van der Waals surface area contributed by atoms with E-state index in [1.54, 1.807) is 0 Å². The molecule has 1 aromatic rings. The van der Waals surface area contributed by atoms with Crippen molar-refractivity contribution in [1.29, 1.82) is 0 Å². The third kappa shape index (κ3) is 2.32. The maximum atomic E-state index is 10.5. The first-order valence-electron chi connectivity index (χ1n) is 4.42. The topological polar surface area (TPSA) is 89.4 Å². The van der Waals surface area contributed by atoms with Crippen LogP contribution in [-0.2, 0) is 11.2 Å². The van der Waals surface area contributed by atoms with Gasteiger partial charge in [0, 0.05) is 5.56 Å². The molecule has 0 spiro atoms. The molecule has 0 radical (unpaired) electrons. The fourth-order valence-corrected chi connectivity index (χ4v) is 1.28. The molecule has 1 atom stereocenters. The second kappa shape index (κ2) is 4.23. The number of hydrogen-bond acceptors (Lipinski definition) is 4. The summed E-state index contributed by atoms with van der Waals surface area (Å²) < 4.78 is 4.95. The lowest BCUT2D eigenvalue weighted by Gasteiger charge is -2.04. The van der Waals surface area contributed by atoms with Crippen molar-refractivity contribution in [2.75, 3.05) is 0 Å². The van der Waals surface area contributed by atoms with E-state index in [1.807, 2.05) is 13.8 Å². The van der Waals surface area contributed by atoms with Crippen LogP contribution >= 0.6 is 0 Å². The van der Waals surface area contributed by atoms with Gasteiger partial charge in [0.15, 0.2) is 0 Å². The molecule has 1 unspecified atom stereocenters. The smallest absolute Gasteiger partial charge is 0.320 e. The summed E-state index contributed by atoms with van der Waals surface area (Å²) in [6.45, 7) is 3.64. The highest BCUT2D eigenvalue weighted by atomic mass is 16.5. The number of nitrogens with zero attached hydrogens (tertiary/aromatic N) is 1. The maximum Gasteiger partial charge on any atom is 0.320 e. The van der Waals surface area contributed by atoms with E-state index in [2.05, 4.69) is 5.16 Å².